The Bertz CT molecular complexity index is 1050. The fraction of sp³-hybridized carbons (Fsp3) is 0.0500. The van der Waals surface area contributed by atoms with Crippen molar-refractivity contribution in [2.75, 3.05) is 10.6 Å². The van der Waals surface area contributed by atoms with E-state index in [4.69, 9.17) is 0 Å². The zero-order valence-electron chi connectivity index (χ0n) is 14.2. The van der Waals surface area contributed by atoms with Gasteiger partial charge >= 0.3 is 0 Å². The van der Waals surface area contributed by atoms with E-state index in [-0.39, 0.29) is 5.91 Å². The average molecular weight is 343 g/mol. The molecule has 4 rings (SSSR count). The Morgan fingerprint density at radius 1 is 0.962 bits per heavy atom. The molecule has 2 heterocycles. The van der Waals surface area contributed by atoms with Crippen molar-refractivity contribution in [1.82, 2.24) is 14.4 Å². The van der Waals surface area contributed by atoms with Crippen LogP contribution in [0.5, 0.6) is 0 Å². The van der Waals surface area contributed by atoms with E-state index in [1.165, 1.54) is 6.92 Å². The lowest BCUT2D eigenvalue weighted by Gasteiger charge is -2.09. The van der Waals surface area contributed by atoms with Gasteiger partial charge in [-0.05, 0) is 24.3 Å². The van der Waals surface area contributed by atoms with Crippen LogP contribution < -0.4 is 10.6 Å². The summed E-state index contributed by atoms with van der Waals surface area (Å²) in [5.41, 5.74) is 4.46. The highest BCUT2D eigenvalue weighted by molar-refractivity contribution is 5.89. The van der Waals surface area contributed by atoms with Gasteiger partial charge in [-0.25, -0.2) is 9.97 Å². The number of carbonyl (C=O) groups is 1. The first-order valence-corrected chi connectivity index (χ1v) is 8.23. The summed E-state index contributed by atoms with van der Waals surface area (Å²) in [6.45, 7) is 1.49. The number of aromatic nitrogens is 3. The van der Waals surface area contributed by atoms with Gasteiger partial charge in [0, 0.05) is 36.3 Å². The smallest absolute Gasteiger partial charge is 0.221 e. The van der Waals surface area contributed by atoms with Gasteiger partial charge in [0.05, 0.1) is 11.9 Å². The molecule has 26 heavy (non-hydrogen) atoms. The van der Waals surface area contributed by atoms with Crippen LogP contribution in [-0.2, 0) is 4.79 Å². The van der Waals surface area contributed by atoms with E-state index >= 15 is 0 Å². The van der Waals surface area contributed by atoms with Crippen LogP contribution in [0.4, 0.5) is 17.2 Å². The number of nitrogens with zero attached hydrogens (tertiary/aromatic N) is 3. The monoisotopic (exact) mass is 343 g/mol. The Balaban J connectivity index is 1.65. The number of anilines is 3. The molecule has 1 amide bonds. The summed E-state index contributed by atoms with van der Waals surface area (Å²) in [4.78, 5) is 20.1. The van der Waals surface area contributed by atoms with E-state index in [0.29, 0.717) is 5.82 Å². The van der Waals surface area contributed by atoms with E-state index in [9.17, 15) is 4.79 Å². The van der Waals surface area contributed by atoms with Gasteiger partial charge in [-0.2, -0.15) is 0 Å². The van der Waals surface area contributed by atoms with Crippen molar-refractivity contribution < 1.29 is 4.79 Å². The topological polar surface area (TPSA) is 71.3 Å². The van der Waals surface area contributed by atoms with Crippen molar-refractivity contribution in [2.45, 2.75) is 6.92 Å². The predicted molar refractivity (Wildman–Crippen MR) is 102 cm³/mol. The first kappa shape index (κ1) is 15.8. The molecular weight excluding hydrogens is 326 g/mol. The van der Waals surface area contributed by atoms with Crippen LogP contribution in [0, 0.1) is 0 Å². The number of imidazole rings is 1. The number of rotatable bonds is 4. The van der Waals surface area contributed by atoms with Crippen molar-refractivity contribution in [2.24, 2.45) is 0 Å². The lowest BCUT2D eigenvalue weighted by molar-refractivity contribution is -0.114. The molecule has 4 aromatic rings. The molecular formula is C20H17N5O. The van der Waals surface area contributed by atoms with Crippen molar-refractivity contribution in [3.8, 4) is 11.3 Å². The third-order valence-electron chi connectivity index (χ3n) is 3.97. The first-order valence-electron chi connectivity index (χ1n) is 8.23. The maximum absolute atomic E-state index is 11.1. The molecule has 0 aliphatic rings. The van der Waals surface area contributed by atoms with Crippen molar-refractivity contribution in [1.29, 1.82) is 0 Å². The van der Waals surface area contributed by atoms with Gasteiger partial charge in [-0.3, -0.25) is 9.20 Å². The summed E-state index contributed by atoms with van der Waals surface area (Å²) in [5.74, 6) is 0.574. The fourth-order valence-corrected chi connectivity index (χ4v) is 2.81. The van der Waals surface area contributed by atoms with Crippen LogP contribution in [0.2, 0.25) is 0 Å². The zero-order chi connectivity index (χ0) is 17.9. The number of hydrogen-bond donors (Lipinski definition) is 2. The van der Waals surface area contributed by atoms with E-state index < -0.39 is 0 Å². The average Bonchev–Trinajstić information content (AvgIpc) is 3.09. The quantitative estimate of drug-likeness (QED) is 0.585. The minimum absolute atomic E-state index is 0.0945. The Morgan fingerprint density at radius 3 is 2.42 bits per heavy atom. The van der Waals surface area contributed by atoms with Crippen molar-refractivity contribution >= 4 is 28.7 Å². The maximum atomic E-state index is 11.1. The fourth-order valence-electron chi connectivity index (χ4n) is 2.81. The Kier molecular flexibility index (Phi) is 4.07. The number of carbonyl (C=O) groups excluding carboxylic acids is 1. The zero-order valence-corrected chi connectivity index (χ0v) is 14.2. The molecule has 6 heteroatoms. The highest BCUT2D eigenvalue weighted by Crippen LogP contribution is 2.25. The van der Waals surface area contributed by atoms with Crippen LogP contribution in [-0.4, -0.2) is 20.3 Å². The minimum atomic E-state index is -0.0945. The molecule has 128 valence electrons. The molecule has 0 unspecified atom stereocenters. The standard InChI is InChI=1S/C20H17N5O/c1-14(26)23-16-7-9-17(10-8-16)24-19-20-22-13-18(25(20)12-11-21-19)15-5-3-2-4-6-15/h2-13H,1H3,(H,21,24)(H,23,26). The summed E-state index contributed by atoms with van der Waals surface area (Å²) >= 11 is 0. The molecule has 0 atom stereocenters. The van der Waals surface area contributed by atoms with Crippen LogP contribution in [0.15, 0.2) is 73.2 Å². The predicted octanol–water partition coefficient (Wildman–Crippen LogP) is 4.10. The minimum Gasteiger partial charge on any atom is -0.337 e. The van der Waals surface area contributed by atoms with E-state index in [0.717, 1.165) is 28.3 Å². The molecule has 0 saturated heterocycles. The van der Waals surface area contributed by atoms with Gasteiger partial charge in [0.1, 0.15) is 0 Å². The third-order valence-corrected chi connectivity index (χ3v) is 3.97. The molecule has 0 aliphatic heterocycles. The molecule has 0 saturated carbocycles. The Morgan fingerprint density at radius 2 is 1.69 bits per heavy atom. The molecule has 2 aromatic carbocycles. The molecule has 6 nitrogen and oxygen atoms in total. The van der Waals surface area contributed by atoms with Crippen LogP contribution in [0.1, 0.15) is 6.92 Å². The molecule has 2 N–H and O–H groups in total. The largest absolute Gasteiger partial charge is 0.337 e. The second-order valence-electron chi connectivity index (χ2n) is 5.86. The SMILES string of the molecule is CC(=O)Nc1ccc(Nc2nccn3c(-c4ccccc4)cnc23)cc1. The van der Waals surface area contributed by atoms with Gasteiger partial charge < -0.3 is 10.6 Å². The van der Waals surface area contributed by atoms with Crippen LogP contribution in [0.3, 0.4) is 0 Å². The number of fused-ring (bicyclic) bond motifs is 1. The molecule has 0 spiro atoms. The third kappa shape index (κ3) is 3.12. The van der Waals surface area contributed by atoms with Crippen molar-refractivity contribution in [3.05, 3.63) is 73.2 Å². The lowest BCUT2D eigenvalue weighted by atomic mass is 10.2. The number of hydrogen-bond acceptors (Lipinski definition) is 4. The van der Waals surface area contributed by atoms with E-state index in [1.807, 2.05) is 59.3 Å². The summed E-state index contributed by atoms with van der Waals surface area (Å²) in [5, 5.41) is 6.03. The molecule has 0 bridgehead atoms. The van der Waals surface area contributed by atoms with Crippen LogP contribution in [0.25, 0.3) is 16.9 Å². The Labute approximate surface area is 150 Å². The molecule has 2 aromatic heterocycles. The van der Waals surface area contributed by atoms with Crippen LogP contribution >= 0.6 is 0 Å². The normalized spacial score (nSPS) is 10.7. The molecule has 0 aliphatic carbocycles. The van der Waals surface area contributed by atoms with E-state index in [2.05, 4.69) is 32.7 Å². The first-order chi connectivity index (χ1) is 12.7. The number of benzene rings is 2. The highest BCUT2D eigenvalue weighted by Gasteiger charge is 2.10. The Hall–Kier alpha value is -3.67. The van der Waals surface area contributed by atoms with Crippen molar-refractivity contribution in [3.63, 3.8) is 0 Å². The molecule has 0 fully saturated rings. The molecule has 0 radical (unpaired) electrons. The summed E-state index contributed by atoms with van der Waals surface area (Å²) in [6.07, 6.45) is 5.49. The second kappa shape index (κ2) is 6.68. The summed E-state index contributed by atoms with van der Waals surface area (Å²) in [7, 11) is 0. The number of amides is 1. The maximum Gasteiger partial charge on any atom is 0.221 e. The van der Waals surface area contributed by atoms with Gasteiger partial charge in [0.15, 0.2) is 11.5 Å². The summed E-state index contributed by atoms with van der Waals surface area (Å²) < 4.78 is 2.01. The van der Waals surface area contributed by atoms with E-state index in [1.54, 1.807) is 6.20 Å². The van der Waals surface area contributed by atoms with Gasteiger partial charge in [0.25, 0.3) is 0 Å². The lowest BCUT2D eigenvalue weighted by Crippen LogP contribution is -2.05. The van der Waals surface area contributed by atoms with Gasteiger partial charge in [0.2, 0.25) is 5.91 Å². The van der Waals surface area contributed by atoms with Gasteiger partial charge in [-0.1, -0.05) is 30.3 Å². The second-order valence-corrected chi connectivity index (χ2v) is 5.86. The van der Waals surface area contributed by atoms with Gasteiger partial charge in [-0.15, -0.1) is 0 Å². The summed E-state index contributed by atoms with van der Waals surface area (Å²) in [6, 6.07) is 17.6. The number of nitrogens with one attached hydrogen (secondary N) is 2. The highest BCUT2D eigenvalue weighted by atomic mass is 16.1.